The smallest absolute Gasteiger partial charge is 0.144 e. The molecule has 4 nitrogen and oxygen atoms in total. The van der Waals surface area contributed by atoms with Crippen LogP contribution < -0.4 is 9.46 Å². The molecule has 0 saturated carbocycles. The Kier molecular flexibility index (Phi) is 5.12. The lowest BCUT2D eigenvalue weighted by atomic mass is 10.2. The van der Waals surface area contributed by atoms with E-state index >= 15 is 0 Å². The Morgan fingerprint density at radius 2 is 2.04 bits per heavy atom. The number of aryl methyl sites for hydroxylation is 1. The third kappa shape index (κ3) is 3.81. The number of ether oxygens (including phenoxy) is 1. The van der Waals surface area contributed by atoms with E-state index < -0.39 is 0 Å². The van der Waals surface area contributed by atoms with Gasteiger partial charge in [-0.2, -0.15) is 0 Å². The van der Waals surface area contributed by atoms with Crippen molar-refractivity contribution in [3.8, 4) is 11.4 Å². The summed E-state index contributed by atoms with van der Waals surface area (Å²) in [5.41, 5.74) is 2.94. The van der Waals surface area contributed by atoms with Gasteiger partial charge in [0, 0.05) is 26.4 Å². The van der Waals surface area contributed by atoms with Crippen LogP contribution >= 0.6 is 34.5 Å². The van der Waals surface area contributed by atoms with Gasteiger partial charge in [-0.25, -0.2) is 4.98 Å². The third-order valence-corrected chi connectivity index (χ3v) is 5.51. The first kappa shape index (κ1) is 16.2. The van der Waals surface area contributed by atoms with E-state index in [1.807, 2.05) is 48.0 Å². The zero-order valence-electron chi connectivity index (χ0n) is 12.8. The van der Waals surface area contributed by atoms with E-state index in [0.29, 0.717) is 0 Å². The van der Waals surface area contributed by atoms with Crippen LogP contribution in [0.4, 0.5) is 5.69 Å². The molecule has 0 aliphatic rings. The summed E-state index contributed by atoms with van der Waals surface area (Å²) >= 11 is 3.93. The van der Waals surface area contributed by atoms with Crippen LogP contribution in [-0.4, -0.2) is 16.7 Å². The molecule has 0 saturated heterocycles. The predicted octanol–water partition coefficient (Wildman–Crippen LogP) is 4.91. The minimum atomic E-state index is 0.802. The van der Waals surface area contributed by atoms with Crippen LogP contribution in [0, 0.1) is 10.5 Å². The van der Waals surface area contributed by atoms with E-state index in [4.69, 9.17) is 4.74 Å². The molecule has 0 atom stereocenters. The zero-order chi connectivity index (χ0) is 16.2. The summed E-state index contributed by atoms with van der Waals surface area (Å²) in [7, 11) is 1.68. The minimum absolute atomic E-state index is 0.802. The number of imidazole rings is 1. The molecule has 0 radical (unpaired) electrons. The van der Waals surface area contributed by atoms with Crippen LogP contribution in [0.5, 0.6) is 5.75 Å². The summed E-state index contributed by atoms with van der Waals surface area (Å²) < 4.78 is 12.1. The molecule has 0 aliphatic heterocycles. The molecule has 0 bridgehead atoms. The normalized spacial score (nSPS) is 10.6. The van der Waals surface area contributed by atoms with Crippen LogP contribution in [0.2, 0.25) is 0 Å². The lowest BCUT2D eigenvalue weighted by Gasteiger charge is -2.12. The second-order valence-electron chi connectivity index (χ2n) is 4.94. The number of rotatable bonds is 5. The highest BCUT2D eigenvalue weighted by Gasteiger charge is 2.08. The molecule has 3 aromatic rings. The highest BCUT2D eigenvalue weighted by atomic mass is 127. The molecule has 0 spiro atoms. The van der Waals surface area contributed by atoms with Crippen LogP contribution in [0.1, 0.15) is 5.69 Å². The van der Waals surface area contributed by atoms with Crippen molar-refractivity contribution < 1.29 is 4.74 Å². The second-order valence-corrected chi connectivity index (χ2v) is 6.95. The molecule has 3 rings (SSSR count). The fourth-order valence-electron chi connectivity index (χ4n) is 2.15. The first-order valence-corrected chi connectivity index (χ1v) is 8.93. The maximum absolute atomic E-state index is 5.53. The monoisotopic (exact) mass is 437 g/mol. The van der Waals surface area contributed by atoms with E-state index in [2.05, 4.69) is 44.4 Å². The maximum Gasteiger partial charge on any atom is 0.144 e. The van der Waals surface area contributed by atoms with Crippen molar-refractivity contribution in [1.29, 1.82) is 0 Å². The molecule has 0 aliphatic carbocycles. The number of nitrogens with zero attached hydrogens (tertiary/aromatic N) is 2. The second kappa shape index (κ2) is 7.27. The van der Waals surface area contributed by atoms with Gasteiger partial charge < -0.3 is 14.0 Å². The van der Waals surface area contributed by atoms with Gasteiger partial charge in [0.25, 0.3) is 0 Å². The summed E-state index contributed by atoms with van der Waals surface area (Å²) in [6.07, 6.45) is 3.77. The topological polar surface area (TPSA) is 39.1 Å². The van der Waals surface area contributed by atoms with E-state index in [9.17, 15) is 0 Å². The largest absolute Gasteiger partial charge is 0.494 e. The van der Waals surface area contributed by atoms with Gasteiger partial charge in [-0.3, -0.25) is 0 Å². The number of anilines is 1. The summed E-state index contributed by atoms with van der Waals surface area (Å²) in [4.78, 5) is 5.46. The van der Waals surface area contributed by atoms with Crippen LogP contribution in [0.15, 0.2) is 59.9 Å². The van der Waals surface area contributed by atoms with Crippen molar-refractivity contribution in [3.63, 3.8) is 0 Å². The summed E-state index contributed by atoms with van der Waals surface area (Å²) in [5.74, 6) is 0.802. The Hall–Kier alpha value is -1.67. The molecule has 2 aromatic carbocycles. The average molecular weight is 437 g/mol. The molecule has 0 amide bonds. The first-order chi connectivity index (χ1) is 11.2. The van der Waals surface area contributed by atoms with Gasteiger partial charge in [0.1, 0.15) is 5.75 Å². The predicted molar refractivity (Wildman–Crippen MR) is 103 cm³/mol. The molecule has 0 unspecified atom stereocenters. The summed E-state index contributed by atoms with van der Waals surface area (Å²) in [6, 6.07) is 14.3. The molecule has 1 N–H and O–H groups in total. The number of halogens is 1. The van der Waals surface area contributed by atoms with Gasteiger partial charge in [0.05, 0.1) is 24.8 Å². The third-order valence-electron chi connectivity index (χ3n) is 3.29. The molecule has 23 heavy (non-hydrogen) atoms. The Morgan fingerprint density at radius 1 is 1.22 bits per heavy atom. The maximum atomic E-state index is 5.53. The SMILES string of the molecule is COc1cc(NSc2ccccc2I)ccc1-n1cnc(C)c1. The standard InChI is InChI=1S/C17H16IN3OS/c1-12-10-21(11-19-12)15-8-7-13(9-16(15)22-2)20-23-17-6-4-3-5-14(17)18/h3-11,20H,1-2H3. The molecule has 6 heteroatoms. The highest BCUT2D eigenvalue weighted by Crippen LogP contribution is 2.30. The molecule has 1 aromatic heterocycles. The molecular formula is C17H16IN3OS. The van der Waals surface area contributed by atoms with E-state index in [-0.39, 0.29) is 0 Å². The van der Waals surface area contributed by atoms with Crippen molar-refractivity contribution in [2.24, 2.45) is 0 Å². The molecule has 0 fully saturated rings. The number of benzene rings is 2. The number of hydrogen-bond acceptors (Lipinski definition) is 4. The van der Waals surface area contributed by atoms with Gasteiger partial charge in [-0.05, 0) is 65.7 Å². The quantitative estimate of drug-likeness (QED) is 0.455. The fraction of sp³-hybridized carbons (Fsp3) is 0.118. The Labute approximate surface area is 153 Å². The van der Waals surface area contributed by atoms with Gasteiger partial charge >= 0.3 is 0 Å². The average Bonchev–Trinajstić information content (AvgIpc) is 3.00. The van der Waals surface area contributed by atoms with Crippen LogP contribution in [-0.2, 0) is 0 Å². The molecule has 118 valence electrons. The van der Waals surface area contributed by atoms with Gasteiger partial charge in [0.2, 0.25) is 0 Å². The summed E-state index contributed by atoms with van der Waals surface area (Å²) in [5, 5.41) is 0. The van der Waals surface area contributed by atoms with Crippen molar-refractivity contribution >= 4 is 40.2 Å². The summed E-state index contributed by atoms with van der Waals surface area (Å²) in [6.45, 7) is 1.97. The lowest BCUT2D eigenvalue weighted by molar-refractivity contribution is 0.413. The van der Waals surface area contributed by atoms with Gasteiger partial charge in [0.15, 0.2) is 0 Å². The highest BCUT2D eigenvalue weighted by molar-refractivity contribution is 14.1. The first-order valence-electron chi connectivity index (χ1n) is 7.04. The van der Waals surface area contributed by atoms with E-state index in [0.717, 1.165) is 22.8 Å². The van der Waals surface area contributed by atoms with Gasteiger partial charge in [-0.15, -0.1) is 0 Å². The number of methoxy groups -OCH3 is 1. The van der Waals surface area contributed by atoms with Crippen molar-refractivity contribution in [2.75, 3.05) is 11.8 Å². The minimum Gasteiger partial charge on any atom is -0.494 e. The Bertz CT molecular complexity index is 819. The number of aromatic nitrogens is 2. The van der Waals surface area contributed by atoms with Gasteiger partial charge in [-0.1, -0.05) is 12.1 Å². The van der Waals surface area contributed by atoms with E-state index in [1.54, 1.807) is 25.4 Å². The van der Waals surface area contributed by atoms with Crippen molar-refractivity contribution in [2.45, 2.75) is 11.8 Å². The number of hydrogen-bond donors (Lipinski definition) is 1. The van der Waals surface area contributed by atoms with Crippen LogP contribution in [0.25, 0.3) is 5.69 Å². The van der Waals surface area contributed by atoms with Crippen molar-refractivity contribution in [3.05, 3.63) is 64.3 Å². The van der Waals surface area contributed by atoms with Crippen molar-refractivity contribution in [1.82, 2.24) is 9.55 Å². The molecular weight excluding hydrogens is 421 g/mol. The lowest BCUT2D eigenvalue weighted by Crippen LogP contribution is -1.97. The van der Waals surface area contributed by atoms with E-state index in [1.165, 1.54) is 8.47 Å². The fourth-order valence-corrected chi connectivity index (χ4v) is 3.53. The Balaban J connectivity index is 1.80. The zero-order valence-corrected chi connectivity index (χ0v) is 15.8. The molecule has 1 heterocycles. The van der Waals surface area contributed by atoms with Crippen LogP contribution in [0.3, 0.4) is 0 Å². The number of nitrogens with one attached hydrogen (secondary N) is 1. The Morgan fingerprint density at radius 3 is 2.74 bits per heavy atom.